The monoisotopic (exact) mass is 206 g/mol. The maximum Gasteiger partial charge on any atom is 0.111 e. The predicted molar refractivity (Wildman–Crippen MR) is 48.4 cm³/mol. The lowest BCUT2D eigenvalue weighted by molar-refractivity contribution is -0.211. The van der Waals surface area contributed by atoms with Crippen molar-refractivity contribution >= 4 is 0 Å². The van der Waals surface area contributed by atoms with Crippen LogP contribution in [0, 0.1) is 11.8 Å². The van der Waals surface area contributed by atoms with Crippen molar-refractivity contribution in [3.05, 3.63) is 0 Å². The van der Waals surface area contributed by atoms with E-state index in [1.54, 1.807) is 13.8 Å². The van der Waals surface area contributed by atoms with Crippen molar-refractivity contribution in [3.63, 3.8) is 0 Å². The van der Waals surface area contributed by atoms with Gasteiger partial charge in [0, 0.05) is 5.92 Å². The molecule has 0 bridgehead atoms. The summed E-state index contributed by atoms with van der Waals surface area (Å²) in [6.45, 7) is 3.54. The van der Waals surface area contributed by atoms with Gasteiger partial charge in [-0.1, -0.05) is 13.8 Å². The molecule has 0 radical (unpaired) electrons. The lowest BCUT2D eigenvalue weighted by atomic mass is 9.73. The summed E-state index contributed by atoms with van der Waals surface area (Å²) >= 11 is 0. The molecule has 1 saturated carbocycles. The van der Waals surface area contributed by atoms with Crippen molar-refractivity contribution in [2.24, 2.45) is 11.8 Å². The van der Waals surface area contributed by atoms with Crippen LogP contribution in [-0.2, 0) is 0 Å². The minimum absolute atomic E-state index is 0.0863. The van der Waals surface area contributed by atoms with Gasteiger partial charge in [0.05, 0.1) is 12.2 Å². The van der Waals surface area contributed by atoms with Gasteiger partial charge in [0.2, 0.25) is 0 Å². The van der Waals surface area contributed by atoms with Gasteiger partial charge in [-0.2, -0.15) is 0 Å². The molecule has 0 saturated heterocycles. The number of hydrogen-bond acceptors (Lipinski definition) is 5. The fourth-order valence-electron chi connectivity index (χ4n) is 2.05. The first-order valence-corrected chi connectivity index (χ1v) is 4.78. The Hall–Kier alpha value is -0.200. The van der Waals surface area contributed by atoms with Crippen molar-refractivity contribution in [3.8, 4) is 0 Å². The van der Waals surface area contributed by atoms with Crippen molar-refractivity contribution in [1.29, 1.82) is 0 Å². The van der Waals surface area contributed by atoms with Gasteiger partial charge in [-0.25, -0.2) is 0 Å². The third-order valence-electron chi connectivity index (χ3n) is 2.96. The van der Waals surface area contributed by atoms with E-state index in [4.69, 9.17) is 0 Å². The van der Waals surface area contributed by atoms with Crippen LogP contribution in [0.25, 0.3) is 0 Å². The van der Waals surface area contributed by atoms with Crippen LogP contribution in [0.2, 0.25) is 0 Å². The standard InChI is InChI=1S/C9H18O5/c1-3(2)4-5(10)7(12)9(14)8(13)6(4)11/h3-14H,1-2H3/t4?,5-,6+,7+,8-,9?. The summed E-state index contributed by atoms with van der Waals surface area (Å²) in [5.41, 5.74) is 0. The molecule has 5 heteroatoms. The second kappa shape index (κ2) is 4.12. The molecule has 0 aromatic rings. The molecule has 1 rings (SSSR count). The van der Waals surface area contributed by atoms with Gasteiger partial charge in [-0.3, -0.25) is 0 Å². The minimum atomic E-state index is -1.49. The van der Waals surface area contributed by atoms with Crippen LogP contribution in [0.5, 0.6) is 0 Å². The molecule has 14 heavy (non-hydrogen) atoms. The molecule has 84 valence electrons. The third-order valence-corrected chi connectivity index (χ3v) is 2.96. The Kier molecular flexibility index (Phi) is 3.49. The lowest BCUT2D eigenvalue weighted by Gasteiger charge is -2.43. The Morgan fingerprint density at radius 1 is 0.643 bits per heavy atom. The van der Waals surface area contributed by atoms with Crippen LogP contribution in [0.3, 0.4) is 0 Å². The van der Waals surface area contributed by atoms with Crippen LogP contribution >= 0.6 is 0 Å². The van der Waals surface area contributed by atoms with E-state index in [2.05, 4.69) is 0 Å². The summed E-state index contributed by atoms with van der Waals surface area (Å²) in [4.78, 5) is 0. The average molecular weight is 206 g/mol. The summed E-state index contributed by atoms with van der Waals surface area (Å²) < 4.78 is 0. The largest absolute Gasteiger partial charge is 0.390 e. The first-order chi connectivity index (χ1) is 6.37. The van der Waals surface area contributed by atoms with Crippen LogP contribution in [-0.4, -0.2) is 56.1 Å². The molecular weight excluding hydrogens is 188 g/mol. The maximum absolute atomic E-state index is 9.59. The topological polar surface area (TPSA) is 101 Å². The van der Waals surface area contributed by atoms with Gasteiger partial charge in [-0.05, 0) is 5.92 Å². The molecule has 1 fully saturated rings. The fraction of sp³-hybridized carbons (Fsp3) is 1.00. The van der Waals surface area contributed by atoms with Crippen molar-refractivity contribution in [2.75, 3.05) is 0 Å². The molecule has 0 amide bonds. The smallest absolute Gasteiger partial charge is 0.111 e. The summed E-state index contributed by atoms with van der Waals surface area (Å²) in [7, 11) is 0. The zero-order valence-corrected chi connectivity index (χ0v) is 8.28. The van der Waals surface area contributed by atoms with Crippen molar-refractivity contribution < 1.29 is 25.5 Å². The molecule has 1 aliphatic carbocycles. The van der Waals surface area contributed by atoms with Crippen molar-refractivity contribution in [1.82, 2.24) is 0 Å². The molecular formula is C9H18O5. The van der Waals surface area contributed by atoms with E-state index >= 15 is 0 Å². The molecule has 0 spiro atoms. The lowest BCUT2D eigenvalue weighted by Crippen LogP contribution is -2.62. The highest BCUT2D eigenvalue weighted by atomic mass is 16.4. The van der Waals surface area contributed by atoms with Gasteiger partial charge in [-0.15, -0.1) is 0 Å². The van der Waals surface area contributed by atoms with E-state index in [-0.39, 0.29) is 5.92 Å². The maximum atomic E-state index is 9.59. The Morgan fingerprint density at radius 2 is 0.929 bits per heavy atom. The van der Waals surface area contributed by atoms with E-state index in [0.29, 0.717) is 0 Å². The Labute approximate surface area is 82.6 Å². The SMILES string of the molecule is CC(C)C1[C@@H](O)[C@H](O)C(O)[C@H](O)[C@H]1O. The molecule has 0 aromatic heterocycles. The molecule has 6 atom stereocenters. The second-order valence-corrected chi connectivity index (χ2v) is 4.27. The van der Waals surface area contributed by atoms with Crippen molar-refractivity contribution in [2.45, 2.75) is 44.4 Å². The van der Waals surface area contributed by atoms with Crippen LogP contribution in [0.4, 0.5) is 0 Å². The average Bonchev–Trinajstić information content (AvgIpc) is 2.11. The van der Waals surface area contributed by atoms with Gasteiger partial charge < -0.3 is 25.5 Å². The van der Waals surface area contributed by atoms with Gasteiger partial charge in [0.25, 0.3) is 0 Å². The summed E-state index contributed by atoms with van der Waals surface area (Å²) in [5.74, 6) is -0.708. The summed E-state index contributed by atoms with van der Waals surface area (Å²) in [5, 5.41) is 47.2. The highest BCUT2D eigenvalue weighted by Gasteiger charge is 2.48. The molecule has 0 aromatic carbocycles. The first-order valence-electron chi connectivity index (χ1n) is 4.78. The quantitative estimate of drug-likeness (QED) is 0.344. The van der Waals surface area contributed by atoms with Gasteiger partial charge in [0.1, 0.15) is 18.3 Å². The first kappa shape index (κ1) is 11.9. The molecule has 1 aliphatic rings. The molecule has 0 aliphatic heterocycles. The zero-order chi connectivity index (χ0) is 11.0. The normalized spacial score (nSPS) is 49.7. The van der Waals surface area contributed by atoms with E-state index in [0.717, 1.165) is 0 Å². The number of aliphatic hydroxyl groups excluding tert-OH is 5. The fourth-order valence-corrected chi connectivity index (χ4v) is 2.05. The molecule has 2 unspecified atom stereocenters. The number of aliphatic hydroxyl groups is 5. The number of hydrogen-bond donors (Lipinski definition) is 5. The summed E-state index contributed by atoms with van der Waals surface area (Å²) in [6, 6.07) is 0. The highest BCUT2D eigenvalue weighted by Crippen LogP contribution is 2.31. The van der Waals surface area contributed by atoms with E-state index < -0.39 is 36.4 Å². The molecule has 5 N–H and O–H groups in total. The van der Waals surface area contributed by atoms with E-state index in [9.17, 15) is 25.5 Å². The Morgan fingerprint density at radius 3 is 1.21 bits per heavy atom. The highest BCUT2D eigenvalue weighted by molar-refractivity contribution is 4.98. The Bertz CT molecular complexity index is 180. The van der Waals surface area contributed by atoms with Crippen LogP contribution < -0.4 is 0 Å². The van der Waals surface area contributed by atoms with Crippen LogP contribution in [0.15, 0.2) is 0 Å². The minimum Gasteiger partial charge on any atom is -0.390 e. The second-order valence-electron chi connectivity index (χ2n) is 4.27. The van der Waals surface area contributed by atoms with E-state index in [1.165, 1.54) is 0 Å². The van der Waals surface area contributed by atoms with Gasteiger partial charge >= 0.3 is 0 Å². The van der Waals surface area contributed by atoms with Crippen LogP contribution in [0.1, 0.15) is 13.8 Å². The molecule has 0 heterocycles. The third kappa shape index (κ3) is 1.78. The molecule has 5 nitrogen and oxygen atoms in total. The predicted octanol–water partition coefficient (Wildman–Crippen LogP) is -1.92. The number of rotatable bonds is 1. The Balaban J connectivity index is 2.86. The van der Waals surface area contributed by atoms with E-state index in [1.807, 2.05) is 0 Å². The summed E-state index contributed by atoms with van der Waals surface area (Å²) in [6.07, 6.45) is -6.71. The van der Waals surface area contributed by atoms with Gasteiger partial charge in [0.15, 0.2) is 0 Å². The zero-order valence-electron chi connectivity index (χ0n) is 8.28.